The van der Waals surface area contributed by atoms with Crippen LogP contribution in [0.1, 0.15) is 5.56 Å². The first kappa shape index (κ1) is 8.59. The zero-order valence-electron chi connectivity index (χ0n) is 7.15. The molecule has 3 heteroatoms. The maximum atomic E-state index is 5.10. The van der Waals surface area contributed by atoms with E-state index >= 15 is 0 Å². The third-order valence-electron chi connectivity index (χ3n) is 1.44. The maximum absolute atomic E-state index is 5.10. The van der Waals surface area contributed by atoms with Crippen LogP contribution >= 0.6 is 0 Å². The van der Waals surface area contributed by atoms with Gasteiger partial charge in [0.1, 0.15) is 12.9 Å². The molecule has 0 atom stereocenters. The standard InChI is InChI=1S/C9H11NO2/c1-11-9-6-4-3-5-8(9)7-10-12-2/h3-7H,1-2H3/b10-7-. The van der Waals surface area contributed by atoms with E-state index in [-0.39, 0.29) is 0 Å². The van der Waals surface area contributed by atoms with Gasteiger partial charge in [-0.3, -0.25) is 0 Å². The lowest BCUT2D eigenvalue weighted by Crippen LogP contribution is -1.89. The van der Waals surface area contributed by atoms with Crippen LogP contribution in [0.15, 0.2) is 29.4 Å². The molecule has 12 heavy (non-hydrogen) atoms. The molecule has 0 heterocycles. The third kappa shape index (κ3) is 1.99. The molecule has 0 saturated heterocycles. The number of benzene rings is 1. The van der Waals surface area contributed by atoms with Crippen LogP contribution in [0, 0.1) is 0 Å². The zero-order chi connectivity index (χ0) is 8.81. The Labute approximate surface area is 71.6 Å². The molecule has 0 radical (unpaired) electrons. The Morgan fingerprint density at radius 1 is 1.25 bits per heavy atom. The van der Waals surface area contributed by atoms with Gasteiger partial charge < -0.3 is 9.57 Å². The molecule has 0 aliphatic rings. The number of oxime groups is 1. The van der Waals surface area contributed by atoms with Gasteiger partial charge in [-0.15, -0.1) is 0 Å². The number of ether oxygens (including phenoxy) is 1. The van der Waals surface area contributed by atoms with E-state index in [1.165, 1.54) is 7.11 Å². The second-order valence-corrected chi connectivity index (χ2v) is 2.16. The minimum atomic E-state index is 0.790. The summed E-state index contributed by atoms with van der Waals surface area (Å²) in [4.78, 5) is 4.56. The molecule has 0 aliphatic heterocycles. The van der Waals surface area contributed by atoms with Gasteiger partial charge in [0.05, 0.1) is 13.3 Å². The summed E-state index contributed by atoms with van der Waals surface area (Å²) in [6.07, 6.45) is 1.61. The first-order chi connectivity index (χ1) is 5.88. The average molecular weight is 165 g/mol. The van der Waals surface area contributed by atoms with Crippen molar-refractivity contribution in [1.82, 2.24) is 0 Å². The zero-order valence-corrected chi connectivity index (χ0v) is 7.15. The van der Waals surface area contributed by atoms with Gasteiger partial charge in [-0.2, -0.15) is 0 Å². The Hall–Kier alpha value is -1.51. The van der Waals surface area contributed by atoms with Gasteiger partial charge in [-0.25, -0.2) is 0 Å². The molecule has 0 bridgehead atoms. The fourth-order valence-electron chi connectivity index (χ4n) is 0.883. The maximum Gasteiger partial charge on any atom is 0.127 e. The summed E-state index contributed by atoms with van der Waals surface area (Å²) in [5.41, 5.74) is 0.904. The summed E-state index contributed by atoms with van der Waals surface area (Å²) < 4.78 is 5.10. The van der Waals surface area contributed by atoms with E-state index in [1.807, 2.05) is 24.3 Å². The fourth-order valence-corrected chi connectivity index (χ4v) is 0.883. The smallest absolute Gasteiger partial charge is 0.127 e. The molecule has 0 fully saturated rings. The summed E-state index contributed by atoms with van der Waals surface area (Å²) in [7, 11) is 3.13. The Kier molecular flexibility index (Phi) is 3.14. The number of hydrogen-bond donors (Lipinski definition) is 0. The van der Waals surface area contributed by atoms with Gasteiger partial charge >= 0.3 is 0 Å². The summed E-state index contributed by atoms with van der Waals surface area (Å²) in [6, 6.07) is 7.60. The lowest BCUT2D eigenvalue weighted by Gasteiger charge is -2.01. The molecule has 1 aromatic carbocycles. The molecule has 64 valence electrons. The first-order valence-corrected chi connectivity index (χ1v) is 3.58. The topological polar surface area (TPSA) is 30.8 Å². The lowest BCUT2D eigenvalue weighted by molar-refractivity contribution is 0.215. The molecule has 3 nitrogen and oxygen atoms in total. The van der Waals surface area contributed by atoms with Crippen molar-refractivity contribution in [2.75, 3.05) is 14.2 Å². The molecule has 0 N–H and O–H groups in total. The molecular formula is C9H11NO2. The average Bonchev–Trinajstić information content (AvgIpc) is 2.15. The van der Waals surface area contributed by atoms with Crippen LogP contribution in [0.4, 0.5) is 0 Å². The molecule has 0 unspecified atom stereocenters. The van der Waals surface area contributed by atoms with Gasteiger partial charge in [-0.1, -0.05) is 17.3 Å². The van der Waals surface area contributed by atoms with E-state index in [9.17, 15) is 0 Å². The summed E-state index contributed by atoms with van der Waals surface area (Å²) >= 11 is 0. The molecule has 0 spiro atoms. The quantitative estimate of drug-likeness (QED) is 0.504. The van der Waals surface area contributed by atoms with Crippen molar-refractivity contribution in [3.05, 3.63) is 29.8 Å². The Morgan fingerprint density at radius 3 is 2.67 bits per heavy atom. The predicted octanol–water partition coefficient (Wildman–Crippen LogP) is 1.68. The minimum absolute atomic E-state index is 0.790. The van der Waals surface area contributed by atoms with Crippen LogP contribution in [0.5, 0.6) is 5.75 Å². The van der Waals surface area contributed by atoms with E-state index in [1.54, 1.807) is 13.3 Å². The van der Waals surface area contributed by atoms with Crippen molar-refractivity contribution in [2.45, 2.75) is 0 Å². The van der Waals surface area contributed by atoms with Gasteiger partial charge in [0.25, 0.3) is 0 Å². The summed E-state index contributed by atoms with van der Waals surface area (Å²) in [5, 5.41) is 3.65. The normalized spacial score (nSPS) is 10.2. The molecule has 0 saturated carbocycles. The molecule has 0 aliphatic carbocycles. The Balaban J connectivity index is 2.89. The van der Waals surface area contributed by atoms with Crippen molar-refractivity contribution in [2.24, 2.45) is 5.16 Å². The highest BCUT2D eigenvalue weighted by atomic mass is 16.6. The van der Waals surface area contributed by atoms with E-state index in [0.717, 1.165) is 11.3 Å². The number of rotatable bonds is 3. The van der Waals surface area contributed by atoms with Crippen LogP contribution in [-0.4, -0.2) is 20.4 Å². The highest BCUT2D eigenvalue weighted by molar-refractivity contribution is 5.82. The molecule has 1 aromatic rings. The van der Waals surface area contributed by atoms with Crippen molar-refractivity contribution in [1.29, 1.82) is 0 Å². The number of hydrogen-bond acceptors (Lipinski definition) is 3. The van der Waals surface area contributed by atoms with Crippen LogP contribution in [0.3, 0.4) is 0 Å². The predicted molar refractivity (Wildman–Crippen MR) is 47.6 cm³/mol. The summed E-state index contributed by atoms with van der Waals surface area (Å²) in [5.74, 6) is 0.790. The van der Waals surface area contributed by atoms with E-state index < -0.39 is 0 Å². The molecular weight excluding hydrogens is 154 g/mol. The first-order valence-electron chi connectivity index (χ1n) is 3.58. The second-order valence-electron chi connectivity index (χ2n) is 2.16. The second kappa shape index (κ2) is 4.38. The Bertz CT molecular complexity index is 271. The number of nitrogens with zero attached hydrogens (tertiary/aromatic N) is 1. The van der Waals surface area contributed by atoms with E-state index in [2.05, 4.69) is 9.99 Å². The molecule has 0 aromatic heterocycles. The fraction of sp³-hybridized carbons (Fsp3) is 0.222. The monoisotopic (exact) mass is 165 g/mol. The number of para-hydroxylation sites is 1. The van der Waals surface area contributed by atoms with Gasteiger partial charge in [0.15, 0.2) is 0 Å². The van der Waals surface area contributed by atoms with Crippen LogP contribution in [0.2, 0.25) is 0 Å². The summed E-state index contributed by atoms with van der Waals surface area (Å²) in [6.45, 7) is 0. The van der Waals surface area contributed by atoms with Gasteiger partial charge in [0, 0.05) is 5.56 Å². The van der Waals surface area contributed by atoms with Gasteiger partial charge in [0.2, 0.25) is 0 Å². The van der Waals surface area contributed by atoms with Crippen molar-refractivity contribution >= 4 is 6.21 Å². The van der Waals surface area contributed by atoms with E-state index in [4.69, 9.17) is 4.74 Å². The highest BCUT2D eigenvalue weighted by Crippen LogP contribution is 2.14. The SMILES string of the molecule is CO/N=C\c1ccccc1OC. The van der Waals surface area contributed by atoms with E-state index in [0.29, 0.717) is 0 Å². The largest absolute Gasteiger partial charge is 0.496 e. The van der Waals surface area contributed by atoms with Crippen molar-refractivity contribution in [3.8, 4) is 5.75 Å². The minimum Gasteiger partial charge on any atom is -0.496 e. The Morgan fingerprint density at radius 2 is 2.00 bits per heavy atom. The van der Waals surface area contributed by atoms with Gasteiger partial charge in [-0.05, 0) is 12.1 Å². The van der Waals surface area contributed by atoms with Crippen LogP contribution in [0.25, 0.3) is 0 Å². The molecule has 0 amide bonds. The van der Waals surface area contributed by atoms with Crippen LogP contribution < -0.4 is 4.74 Å². The molecule has 1 rings (SSSR count). The van der Waals surface area contributed by atoms with Crippen LogP contribution in [-0.2, 0) is 4.84 Å². The third-order valence-corrected chi connectivity index (χ3v) is 1.44. The van der Waals surface area contributed by atoms with Crippen molar-refractivity contribution in [3.63, 3.8) is 0 Å². The highest BCUT2D eigenvalue weighted by Gasteiger charge is 1.96. The lowest BCUT2D eigenvalue weighted by atomic mass is 10.2. The number of methoxy groups -OCH3 is 1. The van der Waals surface area contributed by atoms with Crippen molar-refractivity contribution < 1.29 is 9.57 Å².